The molecule has 4 aromatic heterocycles. The number of benzene rings is 9. The van der Waals surface area contributed by atoms with Gasteiger partial charge in [-0.2, -0.15) is 0 Å². The molecular weight excluding hydrogens is 765 g/mol. The molecule has 9 aromatic carbocycles. The fraction of sp³-hybridized carbons (Fsp3) is 0. The summed E-state index contributed by atoms with van der Waals surface area (Å²) >= 11 is 1.79. The maximum atomic E-state index is 6.63. The van der Waals surface area contributed by atoms with Crippen molar-refractivity contribution in [2.75, 3.05) is 0 Å². The first-order valence-electron chi connectivity index (χ1n) is 20.4. The molecule has 0 fully saturated rings. The maximum Gasteiger partial charge on any atom is 0.166 e. The minimum atomic E-state index is 0.561. The number of hydrogen-bond acceptors (Lipinski definition) is 5. The Hall–Kier alpha value is -7.93. The highest BCUT2D eigenvalue weighted by Gasteiger charge is 2.23. The van der Waals surface area contributed by atoms with Crippen LogP contribution in [0.15, 0.2) is 199 Å². The molecular formula is C55H32N4OS. The molecule has 0 saturated heterocycles. The molecule has 284 valence electrons. The number of para-hydroxylation sites is 2. The number of fused-ring (bicyclic) bond motifs is 10. The van der Waals surface area contributed by atoms with E-state index in [1.54, 1.807) is 11.3 Å². The summed E-state index contributed by atoms with van der Waals surface area (Å²) in [5.74, 6) is 1.77. The molecule has 0 bridgehead atoms. The average Bonchev–Trinajstić information content (AvgIpc) is 3.99. The van der Waals surface area contributed by atoms with Crippen molar-refractivity contribution in [2.24, 2.45) is 0 Å². The molecule has 0 radical (unpaired) electrons. The maximum absolute atomic E-state index is 6.63. The standard InChI is InChI=1S/C55H32N4OS/c1-2-14-33(15-3-1)34-18-12-19-37(28-34)53-56-54(41-23-13-27-51-52(41)40-22-8-11-26-50(40)61-51)58-55(57-53)44-32-49-43(39-21-7-10-25-48(39)60-49)31-47(44)59-45-24-9-6-20-38(45)42-29-35-16-4-5-17-36(35)30-46(42)59/h1-32H. The lowest BCUT2D eigenvalue weighted by molar-refractivity contribution is 0.669. The molecule has 0 aliphatic heterocycles. The van der Waals surface area contributed by atoms with E-state index in [0.717, 1.165) is 71.9 Å². The number of thiophene rings is 1. The number of hydrogen-bond donors (Lipinski definition) is 0. The fourth-order valence-electron chi connectivity index (χ4n) is 9.21. The number of nitrogens with zero attached hydrogens (tertiary/aromatic N) is 4. The summed E-state index contributed by atoms with van der Waals surface area (Å²) in [4.78, 5) is 16.3. The van der Waals surface area contributed by atoms with Crippen LogP contribution in [0.1, 0.15) is 0 Å². The molecule has 0 saturated carbocycles. The summed E-state index contributed by atoms with van der Waals surface area (Å²) in [6.45, 7) is 0. The zero-order chi connectivity index (χ0) is 40.0. The van der Waals surface area contributed by atoms with E-state index in [-0.39, 0.29) is 0 Å². The van der Waals surface area contributed by atoms with Crippen molar-refractivity contribution >= 4 is 86.0 Å². The molecule has 0 amide bonds. The van der Waals surface area contributed by atoms with E-state index in [2.05, 4.69) is 180 Å². The number of aromatic nitrogens is 4. The van der Waals surface area contributed by atoms with Crippen LogP contribution in [-0.4, -0.2) is 19.5 Å². The summed E-state index contributed by atoms with van der Waals surface area (Å²) in [5, 5.41) is 9.16. The van der Waals surface area contributed by atoms with Crippen molar-refractivity contribution in [1.82, 2.24) is 19.5 Å². The smallest absolute Gasteiger partial charge is 0.166 e. The fourth-order valence-corrected chi connectivity index (χ4v) is 10.3. The van der Waals surface area contributed by atoms with Crippen LogP contribution in [0.25, 0.3) is 126 Å². The minimum Gasteiger partial charge on any atom is -0.456 e. The second-order valence-corrected chi connectivity index (χ2v) is 16.6. The third-order valence-corrected chi connectivity index (χ3v) is 13.2. The SMILES string of the molecule is c1ccc(-c2cccc(-c3nc(-c4cc5oc6ccccc6c5cc4-n4c5ccccc5c5cc6ccccc6cc54)nc(-c4cccc5sc6ccccc6c45)n3)c2)cc1. The first-order valence-corrected chi connectivity index (χ1v) is 21.2. The Balaban J connectivity index is 1.15. The Morgan fingerprint density at radius 1 is 0.377 bits per heavy atom. The van der Waals surface area contributed by atoms with E-state index < -0.39 is 0 Å². The van der Waals surface area contributed by atoms with Crippen LogP contribution >= 0.6 is 11.3 Å². The first kappa shape index (κ1) is 34.0. The molecule has 0 aliphatic rings. The van der Waals surface area contributed by atoms with Gasteiger partial charge in [-0.25, -0.2) is 15.0 Å². The normalized spacial score (nSPS) is 11.9. The van der Waals surface area contributed by atoms with E-state index >= 15 is 0 Å². The summed E-state index contributed by atoms with van der Waals surface area (Å²) in [7, 11) is 0. The zero-order valence-corrected chi connectivity index (χ0v) is 33.4. The molecule has 61 heavy (non-hydrogen) atoms. The third-order valence-electron chi connectivity index (χ3n) is 12.0. The van der Waals surface area contributed by atoms with E-state index in [9.17, 15) is 0 Å². The Kier molecular flexibility index (Phi) is 7.41. The molecule has 0 N–H and O–H groups in total. The van der Waals surface area contributed by atoms with Crippen LogP contribution in [0.2, 0.25) is 0 Å². The molecule has 0 unspecified atom stereocenters. The van der Waals surface area contributed by atoms with Crippen molar-refractivity contribution in [3.63, 3.8) is 0 Å². The third kappa shape index (κ3) is 5.36. The second-order valence-electron chi connectivity index (χ2n) is 15.6. The second kappa shape index (κ2) is 13.3. The van der Waals surface area contributed by atoms with Gasteiger partial charge >= 0.3 is 0 Å². The van der Waals surface area contributed by atoms with E-state index in [4.69, 9.17) is 19.4 Å². The molecule has 6 heteroatoms. The van der Waals surface area contributed by atoms with Crippen LogP contribution in [0, 0.1) is 0 Å². The zero-order valence-electron chi connectivity index (χ0n) is 32.6. The summed E-state index contributed by atoms with van der Waals surface area (Å²) in [5.41, 5.74) is 9.70. The van der Waals surface area contributed by atoms with E-state index in [1.807, 2.05) is 18.2 Å². The highest BCUT2D eigenvalue weighted by Crippen LogP contribution is 2.43. The van der Waals surface area contributed by atoms with Gasteiger partial charge in [0.15, 0.2) is 17.5 Å². The molecule has 0 spiro atoms. The Morgan fingerprint density at radius 3 is 1.92 bits per heavy atom. The highest BCUT2D eigenvalue weighted by atomic mass is 32.1. The molecule has 0 atom stereocenters. The van der Waals surface area contributed by atoms with Gasteiger partial charge in [-0.3, -0.25) is 0 Å². The van der Waals surface area contributed by atoms with Gasteiger partial charge in [0.1, 0.15) is 11.2 Å². The van der Waals surface area contributed by atoms with Crippen molar-refractivity contribution in [2.45, 2.75) is 0 Å². The lowest BCUT2D eigenvalue weighted by atomic mass is 10.0. The quantitative estimate of drug-likeness (QED) is 0.174. The largest absolute Gasteiger partial charge is 0.456 e. The molecule has 13 rings (SSSR count). The number of furan rings is 1. The number of rotatable bonds is 5. The van der Waals surface area contributed by atoms with Crippen molar-refractivity contribution in [3.05, 3.63) is 194 Å². The van der Waals surface area contributed by atoms with E-state index in [1.165, 1.54) is 36.3 Å². The van der Waals surface area contributed by atoms with Crippen LogP contribution in [0.4, 0.5) is 0 Å². The summed E-state index contributed by atoms with van der Waals surface area (Å²) < 4.78 is 11.4. The monoisotopic (exact) mass is 796 g/mol. The summed E-state index contributed by atoms with van der Waals surface area (Å²) in [6, 6.07) is 68.5. The molecule has 13 aromatic rings. The van der Waals surface area contributed by atoms with Gasteiger partial charge in [0, 0.05) is 58.4 Å². The van der Waals surface area contributed by atoms with Crippen molar-refractivity contribution in [3.8, 4) is 51.0 Å². The Morgan fingerprint density at radius 2 is 1.03 bits per heavy atom. The van der Waals surface area contributed by atoms with Gasteiger partial charge in [0.25, 0.3) is 0 Å². The summed E-state index contributed by atoms with van der Waals surface area (Å²) in [6.07, 6.45) is 0. The molecule has 4 heterocycles. The molecule has 5 nitrogen and oxygen atoms in total. The van der Waals surface area contributed by atoms with Gasteiger partial charge in [-0.1, -0.05) is 140 Å². The van der Waals surface area contributed by atoms with Crippen molar-refractivity contribution in [1.29, 1.82) is 0 Å². The van der Waals surface area contributed by atoms with Crippen LogP contribution in [-0.2, 0) is 0 Å². The van der Waals surface area contributed by atoms with E-state index in [0.29, 0.717) is 17.5 Å². The van der Waals surface area contributed by atoms with Gasteiger partial charge in [-0.05, 0) is 76.5 Å². The minimum absolute atomic E-state index is 0.561. The predicted octanol–water partition coefficient (Wildman–Crippen LogP) is 15.1. The average molecular weight is 797 g/mol. The first-order chi connectivity index (χ1) is 30.2. The highest BCUT2D eigenvalue weighted by molar-refractivity contribution is 7.25. The lowest BCUT2D eigenvalue weighted by Gasteiger charge is -2.16. The van der Waals surface area contributed by atoms with Gasteiger partial charge in [0.2, 0.25) is 0 Å². The lowest BCUT2D eigenvalue weighted by Crippen LogP contribution is -2.04. The Labute approximate surface area is 353 Å². The van der Waals surface area contributed by atoms with Crippen molar-refractivity contribution < 1.29 is 4.42 Å². The molecule has 0 aliphatic carbocycles. The van der Waals surface area contributed by atoms with Crippen LogP contribution in [0.3, 0.4) is 0 Å². The Bertz CT molecular complexity index is 3900. The van der Waals surface area contributed by atoms with Gasteiger partial charge in [-0.15, -0.1) is 11.3 Å². The van der Waals surface area contributed by atoms with Crippen LogP contribution in [0.5, 0.6) is 0 Å². The predicted molar refractivity (Wildman–Crippen MR) is 254 cm³/mol. The van der Waals surface area contributed by atoms with Gasteiger partial charge < -0.3 is 8.98 Å². The topological polar surface area (TPSA) is 56.7 Å². The van der Waals surface area contributed by atoms with Crippen LogP contribution < -0.4 is 0 Å². The van der Waals surface area contributed by atoms with Gasteiger partial charge in [0.05, 0.1) is 16.7 Å².